The van der Waals surface area contributed by atoms with Crippen LogP contribution in [0.2, 0.25) is 0 Å². The standard InChI is InChI=1S/C10H19N2O2/c13-9-4-7-12(8-9)10(14)11-5-2-1-3-6-11/h9-10,13H,1-8H2. The van der Waals surface area contributed by atoms with E-state index in [4.69, 9.17) is 0 Å². The summed E-state index contributed by atoms with van der Waals surface area (Å²) in [4.78, 5) is 3.86. The van der Waals surface area contributed by atoms with Gasteiger partial charge in [-0.2, -0.15) is 5.11 Å². The van der Waals surface area contributed by atoms with E-state index >= 15 is 0 Å². The van der Waals surface area contributed by atoms with E-state index in [1.807, 2.05) is 9.80 Å². The highest BCUT2D eigenvalue weighted by Crippen LogP contribution is 2.18. The van der Waals surface area contributed by atoms with Gasteiger partial charge in [0, 0.05) is 26.2 Å². The van der Waals surface area contributed by atoms with Crippen molar-refractivity contribution in [2.75, 3.05) is 26.2 Å². The SMILES string of the molecule is [O]C(N1CCCCC1)N1CCC(O)C1. The molecule has 0 amide bonds. The molecule has 4 heteroatoms. The molecule has 0 bridgehead atoms. The van der Waals surface area contributed by atoms with E-state index in [1.54, 1.807) is 0 Å². The molecule has 1 radical (unpaired) electrons. The van der Waals surface area contributed by atoms with Gasteiger partial charge in [-0.15, -0.1) is 0 Å². The Balaban J connectivity index is 1.84. The third-order valence-corrected chi connectivity index (χ3v) is 3.21. The molecule has 2 unspecified atom stereocenters. The number of nitrogens with zero attached hydrogens (tertiary/aromatic N) is 2. The van der Waals surface area contributed by atoms with Gasteiger partial charge >= 0.3 is 0 Å². The van der Waals surface area contributed by atoms with Crippen LogP contribution in [0.15, 0.2) is 0 Å². The number of likely N-dealkylation sites (tertiary alicyclic amines) is 2. The molecule has 2 aliphatic heterocycles. The van der Waals surface area contributed by atoms with Crippen molar-refractivity contribution in [3.05, 3.63) is 0 Å². The van der Waals surface area contributed by atoms with E-state index in [0.29, 0.717) is 6.54 Å². The Bertz CT molecular complexity index is 178. The number of hydrogen-bond donors (Lipinski definition) is 1. The molecule has 81 valence electrons. The van der Waals surface area contributed by atoms with Crippen molar-refractivity contribution < 1.29 is 10.2 Å². The summed E-state index contributed by atoms with van der Waals surface area (Å²) in [6.07, 6.45) is 3.31. The van der Waals surface area contributed by atoms with Crippen molar-refractivity contribution in [1.82, 2.24) is 9.80 Å². The van der Waals surface area contributed by atoms with Crippen LogP contribution in [0.4, 0.5) is 0 Å². The largest absolute Gasteiger partial charge is 0.392 e. The first-order valence-corrected chi connectivity index (χ1v) is 5.59. The second-order valence-electron chi connectivity index (χ2n) is 4.36. The van der Waals surface area contributed by atoms with Gasteiger partial charge in [-0.3, -0.25) is 9.80 Å². The zero-order valence-corrected chi connectivity index (χ0v) is 8.56. The highest BCUT2D eigenvalue weighted by molar-refractivity contribution is 4.77. The lowest BCUT2D eigenvalue weighted by molar-refractivity contribution is -0.151. The Hall–Kier alpha value is -0.160. The number of aliphatic hydroxyl groups is 1. The molecule has 0 aromatic carbocycles. The van der Waals surface area contributed by atoms with Gasteiger partial charge in [0.15, 0.2) is 0 Å². The quantitative estimate of drug-likeness (QED) is 0.693. The van der Waals surface area contributed by atoms with Crippen LogP contribution >= 0.6 is 0 Å². The summed E-state index contributed by atoms with van der Waals surface area (Å²) in [5.41, 5.74) is 0. The van der Waals surface area contributed by atoms with E-state index in [9.17, 15) is 10.2 Å². The van der Waals surface area contributed by atoms with Crippen LogP contribution in [0.1, 0.15) is 25.7 Å². The molecule has 0 spiro atoms. The maximum atomic E-state index is 12.0. The van der Waals surface area contributed by atoms with Crippen molar-refractivity contribution in [2.45, 2.75) is 38.1 Å². The summed E-state index contributed by atoms with van der Waals surface area (Å²) in [7, 11) is 0. The Kier molecular flexibility index (Phi) is 3.38. The van der Waals surface area contributed by atoms with Gasteiger partial charge in [-0.25, -0.2) is 0 Å². The van der Waals surface area contributed by atoms with Crippen molar-refractivity contribution in [1.29, 1.82) is 0 Å². The molecule has 2 fully saturated rings. The molecule has 0 aromatic rings. The molecular formula is C10H19N2O2. The zero-order valence-electron chi connectivity index (χ0n) is 8.56. The lowest BCUT2D eigenvalue weighted by atomic mass is 10.1. The Labute approximate surface area is 85.1 Å². The fourth-order valence-corrected chi connectivity index (χ4v) is 2.34. The van der Waals surface area contributed by atoms with E-state index in [1.165, 1.54) is 6.42 Å². The lowest BCUT2D eigenvalue weighted by Gasteiger charge is -2.34. The fraction of sp³-hybridized carbons (Fsp3) is 1.00. The van der Waals surface area contributed by atoms with Gasteiger partial charge < -0.3 is 5.11 Å². The maximum Gasteiger partial charge on any atom is 0.202 e. The fourth-order valence-electron chi connectivity index (χ4n) is 2.34. The average Bonchev–Trinajstić information content (AvgIpc) is 2.65. The Morgan fingerprint density at radius 3 is 2.36 bits per heavy atom. The molecule has 2 heterocycles. The molecule has 2 aliphatic rings. The first-order valence-electron chi connectivity index (χ1n) is 5.59. The van der Waals surface area contributed by atoms with Crippen molar-refractivity contribution in [3.8, 4) is 0 Å². The summed E-state index contributed by atoms with van der Waals surface area (Å²) in [6.45, 7) is 3.18. The predicted molar refractivity (Wildman–Crippen MR) is 52.1 cm³/mol. The van der Waals surface area contributed by atoms with Crippen molar-refractivity contribution >= 4 is 0 Å². The summed E-state index contributed by atoms with van der Waals surface area (Å²) < 4.78 is 0. The molecule has 14 heavy (non-hydrogen) atoms. The molecule has 2 rings (SSSR count). The normalized spacial score (nSPS) is 33.4. The topological polar surface area (TPSA) is 46.6 Å². The number of β-amino-alcohol motifs (C(OH)–C–C–N with tert-alkyl or cyclic N) is 1. The van der Waals surface area contributed by atoms with Crippen LogP contribution in [-0.4, -0.2) is 53.5 Å². The Morgan fingerprint density at radius 1 is 1.07 bits per heavy atom. The van der Waals surface area contributed by atoms with Crippen LogP contribution in [-0.2, 0) is 5.11 Å². The van der Waals surface area contributed by atoms with Gasteiger partial charge in [0.2, 0.25) is 6.35 Å². The molecule has 0 aromatic heterocycles. The summed E-state index contributed by atoms with van der Waals surface area (Å²) >= 11 is 0. The minimum absolute atomic E-state index is 0.281. The molecule has 2 atom stereocenters. The summed E-state index contributed by atoms with van der Waals surface area (Å²) in [5, 5.41) is 21.3. The highest BCUT2D eigenvalue weighted by atomic mass is 16.3. The first kappa shape index (κ1) is 10.4. The van der Waals surface area contributed by atoms with E-state index < -0.39 is 6.35 Å². The smallest absolute Gasteiger partial charge is 0.202 e. The van der Waals surface area contributed by atoms with Gasteiger partial charge in [-0.05, 0) is 19.3 Å². The molecule has 2 saturated heterocycles. The number of piperidine rings is 1. The van der Waals surface area contributed by atoms with Crippen molar-refractivity contribution in [3.63, 3.8) is 0 Å². The van der Waals surface area contributed by atoms with E-state index in [0.717, 1.165) is 38.9 Å². The minimum atomic E-state index is -0.715. The molecule has 0 aliphatic carbocycles. The lowest BCUT2D eigenvalue weighted by Crippen LogP contribution is -2.48. The zero-order chi connectivity index (χ0) is 9.97. The van der Waals surface area contributed by atoms with Gasteiger partial charge in [0.25, 0.3) is 0 Å². The first-order chi connectivity index (χ1) is 6.77. The van der Waals surface area contributed by atoms with Crippen LogP contribution < -0.4 is 0 Å². The van der Waals surface area contributed by atoms with Crippen LogP contribution in [0, 0.1) is 0 Å². The molecule has 0 saturated carbocycles. The van der Waals surface area contributed by atoms with Gasteiger partial charge in [0.1, 0.15) is 0 Å². The van der Waals surface area contributed by atoms with Crippen molar-refractivity contribution in [2.24, 2.45) is 0 Å². The predicted octanol–water partition coefficient (Wildman–Crippen LogP) is 0.253. The minimum Gasteiger partial charge on any atom is -0.392 e. The van der Waals surface area contributed by atoms with Crippen LogP contribution in [0.5, 0.6) is 0 Å². The second kappa shape index (κ2) is 4.57. The van der Waals surface area contributed by atoms with E-state index in [-0.39, 0.29) is 6.10 Å². The Morgan fingerprint density at radius 2 is 1.79 bits per heavy atom. The molecule has 4 nitrogen and oxygen atoms in total. The van der Waals surface area contributed by atoms with Crippen LogP contribution in [0.3, 0.4) is 0 Å². The third kappa shape index (κ3) is 2.25. The highest BCUT2D eigenvalue weighted by Gasteiger charge is 2.31. The maximum absolute atomic E-state index is 12.0. The number of hydrogen-bond acceptors (Lipinski definition) is 3. The average molecular weight is 199 g/mol. The molecular weight excluding hydrogens is 180 g/mol. The number of aliphatic hydroxyl groups excluding tert-OH is 1. The second-order valence-corrected chi connectivity index (χ2v) is 4.36. The van der Waals surface area contributed by atoms with Gasteiger partial charge in [-0.1, -0.05) is 6.42 Å². The summed E-state index contributed by atoms with van der Waals surface area (Å²) in [6, 6.07) is 0. The summed E-state index contributed by atoms with van der Waals surface area (Å²) in [5.74, 6) is 0. The monoisotopic (exact) mass is 199 g/mol. The third-order valence-electron chi connectivity index (χ3n) is 3.21. The molecule has 1 N–H and O–H groups in total. The van der Waals surface area contributed by atoms with Crippen LogP contribution in [0.25, 0.3) is 0 Å². The van der Waals surface area contributed by atoms with E-state index in [2.05, 4.69) is 0 Å². The van der Waals surface area contributed by atoms with Gasteiger partial charge in [0.05, 0.1) is 6.10 Å². The number of rotatable bonds is 2.